The van der Waals surface area contributed by atoms with E-state index in [0.717, 1.165) is 23.4 Å². The average molecular weight is 450 g/mol. The summed E-state index contributed by atoms with van der Waals surface area (Å²) in [6.45, 7) is 3.61. The Morgan fingerprint density at radius 2 is 1.90 bits per heavy atom. The monoisotopic (exact) mass is 449 g/mol. The average Bonchev–Trinajstić information content (AvgIpc) is 3.01. The lowest BCUT2D eigenvalue weighted by atomic mass is 10.2. The van der Waals surface area contributed by atoms with E-state index < -0.39 is 11.7 Å². The van der Waals surface area contributed by atoms with Crippen LogP contribution in [-0.4, -0.2) is 28.4 Å². The standard InChI is InChI=1S/C21H19ClF3N5O/c1-13-6-8-16(9-7-13)26-12-19(31)28-27-11-18-14(2)29-30(20(18)22)17-5-3-4-15(10-17)21(23,24)25/h3-11,26H,12H2,1-2H3,(H,28,31)/b27-11+. The van der Waals surface area contributed by atoms with E-state index in [-0.39, 0.29) is 23.3 Å². The molecule has 0 atom stereocenters. The first-order chi connectivity index (χ1) is 14.6. The van der Waals surface area contributed by atoms with Crippen LogP contribution >= 0.6 is 11.6 Å². The lowest BCUT2D eigenvalue weighted by Crippen LogP contribution is -2.25. The number of halogens is 4. The van der Waals surface area contributed by atoms with Crippen molar-refractivity contribution < 1.29 is 18.0 Å². The third-order valence-electron chi connectivity index (χ3n) is 4.35. The van der Waals surface area contributed by atoms with Gasteiger partial charge in [-0.3, -0.25) is 4.79 Å². The van der Waals surface area contributed by atoms with E-state index in [1.807, 2.05) is 31.2 Å². The van der Waals surface area contributed by atoms with E-state index in [9.17, 15) is 18.0 Å². The minimum Gasteiger partial charge on any atom is -0.376 e. The Bertz CT molecular complexity index is 1110. The maximum absolute atomic E-state index is 13.0. The maximum atomic E-state index is 13.0. The Hall–Kier alpha value is -3.33. The fourth-order valence-corrected chi connectivity index (χ4v) is 3.03. The highest BCUT2D eigenvalue weighted by atomic mass is 35.5. The summed E-state index contributed by atoms with van der Waals surface area (Å²) in [5.41, 5.74) is 4.45. The van der Waals surface area contributed by atoms with E-state index >= 15 is 0 Å². The first-order valence-corrected chi connectivity index (χ1v) is 9.58. The van der Waals surface area contributed by atoms with Gasteiger partial charge in [-0.2, -0.15) is 23.4 Å². The van der Waals surface area contributed by atoms with E-state index in [1.165, 1.54) is 23.0 Å². The number of carbonyl (C=O) groups is 1. The van der Waals surface area contributed by atoms with Crippen LogP contribution in [0.15, 0.2) is 53.6 Å². The zero-order valence-electron chi connectivity index (χ0n) is 16.7. The Morgan fingerprint density at radius 1 is 1.19 bits per heavy atom. The van der Waals surface area contributed by atoms with Crippen molar-refractivity contribution in [2.24, 2.45) is 5.10 Å². The van der Waals surface area contributed by atoms with Crippen LogP contribution in [0.25, 0.3) is 5.69 Å². The molecule has 0 aliphatic rings. The van der Waals surface area contributed by atoms with Crippen LogP contribution in [0.2, 0.25) is 5.15 Å². The lowest BCUT2D eigenvalue weighted by molar-refractivity contribution is -0.137. The number of hydrogen-bond donors (Lipinski definition) is 2. The number of aromatic nitrogens is 2. The molecule has 1 heterocycles. The number of hydrazone groups is 1. The molecule has 2 N–H and O–H groups in total. The van der Waals surface area contributed by atoms with Crippen LogP contribution in [0.1, 0.15) is 22.4 Å². The van der Waals surface area contributed by atoms with Crippen LogP contribution in [0.3, 0.4) is 0 Å². The van der Waals surface area contributed by atoms with Gasteiger partial charge in [0.25, 0.3) is 5.91 Å². The van der Waals surface area contributed by atoms with E-state index in [1.54, 1.807) is 6.92 Å². The first-order valence-electron chi connectivity index (χ1n) is 9.20. The van der Waals surface area contributed by atoms with Crippen molar-refractivity contribution in [2.75, 3.05) is 11.9 Å². The number of carbonyl (C=O) groups excluding carboxylic acids is 1. The Morgan fingerprint density at radius 3 is 2.58 bits per heavy atom. The van der Waals surface area contributed by atoms with Crippen LogP contribution in [-0.2, 0) is 11.0 Å². The third-order valence-corrected chi connectivity index (χ3v) is 4.72. The summed E-state index contributed by atoms with van der Waals surface area (Å²) in [6.07, 6.45) is -3.18. The van der Waals surface area contributed by atoms with Gasteiger partial charge in [0.15, 0.2) is 0 Å². The molecule has 3 aromatic rings. The minimum atomic E-state index is -4.48. The van der Waals surface area contributed by atoms with Gasteiger partial charge in [-0.15, -0.1) is 0 Å². The normalized spacial score (nSPS) is 11.7. The number of aryl methyl sites for hydroxylation is 2. The molecule has 1 aromatic heterocycles. The van der Waals surface area contributed by atoms with Gasteiger partial charge in [-0.25, -0.2) is 10.1 Å². The highest BCUT2D eigenvalue weighted by molar-refractivity contribution is 6.32. The number of benzene rings is 2. The van der Waals surface area contributed by atoms with Gasteiger partial charge in [0.05, 0.1) is 35.3 Å². The summed E-state index contributed by atoms with van der Waals surface area (Å²) in [4.78, 5) is 12.0. The molecule has 0 saturated carbocycles. The number of nitrogens with one attached hydrogen (secondary N) is 2. The summed E-state index contributed by atoms with van der Waals surface area (Å²) < 4.78 is 40.1. The summed E-state index contributed by atoms with van der Waals surface area (Å²) in [5, 5.41) is 11.1. The van der Waals surface area contributed by atoms with E-state index in [4.69, 9.17) is 11.6 Å². The molecule has 0 radical (unpaired) electrons. The van der Waals surface area contributed by atoms with Crippen LogP contribution < -0.4 is 10.7 Å². The molecule has 6 nitrogen and oxygen atoms in total. The lowest BCUT2D eigenvalue weighted by Gasteiger charge is -2.09. The Kier molecular flexibility index (Phi) is 6.65. The van der Waals surface area contributed by atoms with Crippen molar-refractivity contribution in [1.29, 1.82) is 0 Å². The van der Waals surface area contributed by atoms with Crippen molar-refractivity contribution in [1.82, 2.24) is 15.2 Å². The highest BCUT2D eigenvalue weighted by Gasteiger charge is 2.30. The molecule has 0 aliphatic heterocycles. The number of nitrogens with zero attached hydrogens (tertiary/aromatic N) is 3. The fraction of sp³-hybridized carbons (Fsp3) is 0.190. The number of amides is 1. The summed E-state index contributed by atoms with van der Waals surface area (Å²) >= 11 is 6.30. The molecule has 1 amide bonds. The second kappa shape index (κ2) is 9.22. The first kappa shape index (κ1) is 22.4. The molecule has 0 aliphatic carbocycles. The molecule has 0 bridgehead atoms. The molecule has 162 valence electrons. The van der Waals surface area contributed by atoms with Crippen LogP contribution in [0.5, 0.6) is 0 Å². The van der Waals surface area contributed by atoms with Gasteiger partial charge in [0.1, 0.15) is 5.15 Å². The van der Waals surface area contributed by atoms with Crippen LogP contribution in [0.4, 0.5) is 18.9 Å². The fourth-order valence-electron chi connectivity index (χ4n) is 2.70. The number of hydrogen-bond acceptors (Lipinski definition) is 4. The molecular formula is C21H19ClF3N5O. The molecule has 0 saturated heterocycles. The zero-order valence-corrected chi connectivity index (χ0v) is 17.4. The Labute approximate surface area is 181 Å². The largest absolute Gasteiger partial charge is 0.416 e. The van der Waals surface area contributed by atoms with Gasteiger partial charge in [0, 0.05) is 5.69 Å². The van der Waals surface area contributed by atoms with Crippen molar-refractivity contribution in [3.05, 3.63) is 76.1 Å². The van der Waals surface area contributed by atoms with Gasteiger partial charge in [0.2, 0.25) is 0 Å². The van der Waals surface area contributed by atoms with Crippen LogP contribution in [0, 0.1) is 13.8 Å². The quantitative estimate of drug-likeness (QED) is 0.422. The minimum absolute atomic E-state index is 0.0105. The molecule has 0 spiro atoms. The third kappa shape index (κ3) is 5.64. The number of rotatable bonds is 6. The van der Waals surface area contributed by atoms with E-state index in [2.05, 4.69) is 20.9 Å². The molecule has 0 fully saturated rings. The number of anilines is 1. The van der Waals surface area contributed by atoms with Gasteiger partial charge >= 0.3 is 6.18 Å². The predicted molar refractivity (Wildman–Crippen MR) is 114 cm³/mol. The summed E-state index contributed by atoms with van der Waals surface area (Å²) in [7, 11) is 0. The topological polar surface area (TPSA) is 71.3 Å². The second-order valence-corrected chi connectivity index (χ2v) is 7.12. The van der Waals surface area contributed by atoms with Crippen molar-refractivity contribution >= 4 is 29.4 Å². The Balaban J connectivity index is 1.67. The predicted octanol–water partition coefficient (Wildman–Crippen LogP) is 4.72. The SMILES string of the molecule is Cc1ccc(NCC(=O)N/N=C/c2c(C)nn(-c3cccc(C(F)(F)F)c3)c2Cl)cc1. The van der Waals surface area contributed by atoms with Gasteiger partial charge < -0.3 is 5.32 Å². The van der Waals surface area contributed by atoms with Gasteiger partial charge in [-0.05, 0) is 44.2 Å². The summed E-state index contributed by atoms with van der Waals surface area (Å²) in [6, 6.07) is 12.2. The molecule has 3 rings (SSSR count). The molecule has 31 heavy (non-hydrogen) atoms. The summed E-state index contributed by atoms with van der Waals surface area (Å²) in [5.74, 6) is -0.379. The van der Waals surface area contributed by atoms with Crippen molar-refractivity contribution in [3.63, 3.8) is 0 Å². The zero-order chi connectivity index (χ0) is 22.6. The molecular weight excluding hydrogens is 431 g/mol. The van der Waals surface area contributed by atoms with Crippen molar-refractivity contribution in [2.45, 2.75) is 20.0 Å². The van der Waals surface area contributed by atoms with E-state index in [0.29, 0.717) is 11.3 Å². The van der Waals surface area contributed by atoms with Crippen molar-refractivity contribution in [3.8, 4) is 5.69 Å². The second-order valence-electron chi connectivity index (χ2n) is 6.76. The number of alkyl halides is 3. The molecule has 2 aromatic carbocycles. The smallest absolute Gasteiger partial charge is 0.376 e. The maximum Gasteiger partial charge on any atom is 0.416 e. The van der Waals surface area contributed by atoms with Gasteiger partial charge in [-0.1, -0.05) is 35.4 Å². The molecule has 0 unspecified atom stereocenters. The highest BCUT2D eigenvalue weighted by Crippen LogP contribution is 2.31. The molecule has 10 heteroatoms.